The molecule has 2 saturated heterocycles. The van der Waals surface area contributed by atoms with Gasteiger partial charge in [0.25, 0.3) is 0 Å². The Balaban J connectivity index is 1.58. The molecular weight excluding hydrogens is 268 g/mol. The van der Waals surface area contributed by atoms with Crippen molar-refractivity contribution in [1.29, 1.82) is 0 Å². The minimum absolute atomic E-state index is 0.266. The fraction of sp³-hybridized carbons (Fsp3) is 1.00. The van der Waals surface area contributed by atoms with Crippen LogP contribution in [0.2, 0.25) is 0 Å². The molecule has 2 rings (SSSR count). The molecule has 0 aromatic heterocycles. The molecule has 5 nitrogen and oxygen atoms in total. The first-order valence-corrected chi connectivity index (χ1v) is 8.45. The van der Waals surface area contributed by atoms with E-state index in [1.165, 1.54) is 0 Å². The molecule has 124 valence electrons. The van der Waals surface area contributed by atoms with Gasteiger partial charge in [-0.1, -0.05) is 13.8 Å². The highest BCUT2D eigenvalue weighted by Crippen LogP contribution is 2.14. The largest absolute Gasteiger partial charge is 0.390 e. The van der Waals surface area contributed by atoms with Gasteiger partial charge in [0.05, 0.1) is 25.4 Å². The van der Waals surface area contributed by atoms with E-state index in [9.17, 15) is 5.11 Å². The van der Waals surface area contributed by atoms with E-state index in [2.05, 4.69) is 23.6 Å². The predicted octanol–water partition coefficient (Wildman–Crippen LogP) is 0.817. The molecule has 0 spiro atoms. The lowest BCUT2D eigenvalue weighted by molar-refractivity contribution is 0.00607. The van der Waals surface area contributed by atoms with E-state index in [-0.39, 0.29) is 6.10 Å². The Kier molecular flexibility index (Phi) is 7.40. The van der Waals surface area contributed by atoms with Gasteiger partial charge in [-0.3, -0.25) is 9.80 Å². The van der Waals surface area contributed by atoms with Crippen LogP contribution in [0.25, 0.3) is 0 Å². The number of hydrogen-bond donors (Lipinski definition) is 1. The molecule has 0 aromatic rings. The maximum Gasteiger partial charge on any atom is 0.0793 e. The van der Waals surface area contributed by atoms with Crippen molar-refractivity contribution in [3.63, 3.8) is 0 Å². The molecule has 2 heterocycles. The quantitative estimate of drug-likeness (QED) is 0.719. The maximum atomic E-state index is 10.2. The van der Waals surface area contributed by atoms with Crippen LogP contribution >= 0.6 is 0 Å². The monoisotopic (exact) mass is 300 g/mol. The van der Waals surface area contributed by atoms with Gasteiger partial charge in [-0.25, -0.2) is 0 Å². The van der Waals surface area contributed by atoms with Crippen molar-refractivity contribution < 1.29 is 14.6 Å². The minimum Gasteiger partial charge on any atom is -0.390 e. The standard InChI is InChI=1S/C16H32N2O3/c1-14(2)4-8-21-16-3-5-18(13-16)12-15(19)11-17-6-9-20-10-7-17/h14-16,19H,3-13H2,1-2H3. The lowest BCUT2D eigenvalue weighted by Crippen LogP contribution is -2.44. The highest BCUT2D eigenvalue weighted by molar-refractivity contribution is 4.79. The van der Waals surface area contributed by atoms with Crippen LogP contribution in [-0.2, 0) is 9.47 Å². The minimum atomic E-state index is -0.266. The first kappa shape index (κ1) is 17.2. The maximum absolute atomic E-state index is 10.2. The average molecular weight is 300 g/mol. The third-order valence-corrected chi connectivity index (χ3v) is 4.32. The van der Waals surface area contributed by atoms with E-state index in [0.29, 0.717) is 12.0 Å². The number of nitrogens with zero attached hydrogens (tertiary/aromatic N) is 2. The highest BCUT2D eigenvalue weighted by Gasteiger charge is 2.25. The van der Waals surface area contributed by atoms with Gasteiger partial charge in [-0.05, 0) is 18.8 Å². The van der Waals surface area contributed by atoms with Crippen LogP contribution < -0.4 is 0 Å². The van der Waals surface area contributed by atoms with Crippen molar-refractivity contribution in [3.8, 4) is 0 Å². The van der Waals surface area contributed by atoms with Crippen molar-refractivity contribution in [2.75, 3.05) is 59.1 Å². The fourth-order valence-electron chi connectivity index (χ4n) is 3.01. The first-order valence-electron chi connectivity index (χ1n) is 8.45. The smallest absolute Gasteiger partial charge is 0.0793 e. The van der Waals surface area contributed by atoms with E-state index in [4.69, 9.17) is 9.47 Å². The zero-order chi connectivity index (χ0) is 15.1. The third kappa shape index (κ3) is 6.61. The van der Waals surface area contributed by atoms with E-state index >= 15 is 0 Å². The summed E-state index contributed by atoms with van der Waals surface area (Å²) in [4.78, 5) is 4.63. The Hall–Kier alpha value is -0.200. The summed E-state index contributed by atoms with van der Waals surface area (Å²) in [6.07, 6.45) is 2.33. The Morgan fingerprint density at radius 1 is 1.14 bits per heavy atom. The average Bonchev–Trinajstić information content (AvgIpc) is 2.86. The summed E-state index contributed by atoms with van der Waals surface area (Å²) in [6, 6.07) is 0. The molecule has 0 bridgehead atoms. The molecule has 21 heavy (non-hydrogen) atoms. The summed E-state index contributed by atoms with van der Waals surface area (Å²) in [5.41, 5.74) is 0. The van der Waals surface area contributed by atoms with E-state index in [1.807, 2.05) is 0 Å². The number of aliphatic hydroxyl groups is 1. The van der Waals surface area contributed by atoms with E-state index in [1.54, 1.807) is 0 Å². The van der Waals surface area contributed by atoms with Gasteiger partial charge in [0, 0.05) is 45.9 Å². The number of β-amino-alcohol motifs (C(OH)–C–C–N with tert-alkyl or cyclic N) is 1. The van der Waals surface area contributed by atoms with Crippen molar-refractivity contribution in [3.05, 3.63) is 0 Å². The normalized spacial score (nSPS) is 26.6. The number of aliphatic hydroxyl groups excluding tert-OH is 1. The van der Waals surface area contributed by atoms with Crippen LogP contribution in [0.1, 0.15) is 26.7 Å². The molecule has 0 amide bonds. The molecule has 1 N–H and O–H groups in total. The Morgan fingerprint density at radius 3 is 2.57 bits per heavy atom. The topological polar surface area (TPSA) is 45.2 Å². The van der Waals surface area contributed by atoms with Gasteiger partial charge in [0.1, 0.15) is 0 Å². The third-order valence-electron chi connectivity index (χ3n) is 4.32. The molecule has 2 atom stereocenters. The van der Waals surface area contributed by atoms with Crippen molar-refractivity contribution >= 4 is 0 Å². The first-order chi connectivity index (χ1) is 10.1. The summed E-state index contributed by atoms with van der Waals surface area (Å²) < 4.78 is 11.3. The molecule has 2 aliphatic heterocycles. The summed E-state index contributed by atoms with van der Waals surface area (Å²) in [6.45, 7) is 12.3. The highest BCUT2D eigenvalue weighted by atomic mass is 16.5. The van der Waals surface area contributed by atoms with Gasteiger partial charge in [-0.15, -0.1) is 0 Å². The van der Waals surface area contributed by atoms with E-state index in [0.717, 1.165) is 71.9 Å². The predicted molar refractivity (Wildman–Crippen MR) is 83.5 cm³/mol. The molecule has 0 aliphatic carbocycles. The second kappa shape index (κ2) is 9.06. The summed E-state index contributed by atoms with van der Waals surface area (Å²) >= 11 is 0. The second-order valence-electron chi connectivity index (χ2n) is 6.79. The summed E-state index contributed by atoms with van der Waals surface area (Å²) in [5.74, 6) is 0.706. The number of ether oxygens (including phenoxy) is 2. The molecule has 0 saturated carbocycles. The Labute approximate surface area is 129 Å². The lowest BCUT2D eigenvalue weighted by Gasteiger charge is -2.30. The Bertz CT molecular complexity index is 283. The molecule has 2 aliphatic rings. The molecule has 2 fully saturated rings. The van der Waals surface area contributed by atoms with Crippen LogP contribution in [0, 0.1) is 5.92 Å². The van der Waals surface area contributed by atoms with Gasteiger partial charge >= 0.3 is 0 Å². The van der Waals surface area contributed by atoms with E-state index < -0.39 is 0 Å². The van der Waals surface area contributed by atoms with Crippen LogP contribution in [0.4, 0.5) is 0 Å². The number of rotatable bonds is 8. The van der Waals surface area contributed by atoms with Crippen LogP contribution in [0.5, 0.6) is 0 Å². The second-order valence-corrected chi connectivity index (χ2v) is 6.79. The molecular formula is C16H32N2O3. The summed E-state index contributed by atoms with van der Waals surface area (Å²) in [7, 11) is 0. The Morgan fingerprint density at radius 2 is 1.86 bits per heavy atom. The number of morpholine rings is 1. The van der Waals surface area contributed by atoms with Crippen LogP contribution in [-0.4, -0.2) is 86.2 Å². The molecule has 0 radical (unpaired) electrons. The van der Waals surface area contributed by atoms with Crippen molar-refractivity contribution in [1.82, 2.24) is 9.80 Å². The zero-order valence-corrected chi connectivity index (χ0v) is 13.7. The fourth-order valence-corrected chi connectivity index (χ4v) is 3.01. The van der Waals surface area contributed by atoms with Gasteiger partial charge in [0.15, 0.2) is 0 Å². The molecule has 5 heteroatoms. The number of hydrogen-bond acceptors (Lipinski definition) is 5. The van der Waals surface area contributed by atoms with Gasteiger partial charge in [0.2, 0.25) is 0 Å². The van der Waals surface area contributed by atoms with Gasteiger partial charge < -0.3 is 14.6 Å². The van der Waals surface area contributed by atoms with Crippen molar-refractivity contribution in [2.45, 2.75) is 38.9 Å². The van der Waals surface area contributed by atoms with Gasteiger partial charge in [-0.2, -0.15) is 0 Å². The zero-order valence-electron chi connectivity index (χ0n) is 13.7. The van der Waals surface area contributed by atoms with Crippen molar-refractivity contribution in [2.24, 2.45) is 5.92 Å². The summed E-state index contributed by atoms with van der Waals surface area (Å²) in [5, 5.41) is 10.2. The molecule has 0 aromatic carbocycles. The van der Waals surface area contributed by atoms with Crippen LogP contribution in [0.3, 0.4) is 0 Å². The molecule has 2 unspecified atom stereocenters. The van der Waals surface area contributed by atoms with Crippen LogP contribution in [0.15, 0.2) is 0 Å². The SMILES string of the molecule is CC(C)CCOC1CCN(CC(O)CN2CCOCC2)C1. The lowest BCUT2D eigenvalue weighted by atomic mass is 10.1. The number of likely N-dealkylation sites (tertiary alicyclic amines) is 1.